The van der Waals surface area contributed by atoms with Gasteiger partial charge in [0, 0.05) is 5.69 Å². The number of nitrogens with zero attached hydrogens (tertiary/aromatic N) is 2. The summed E-state index contributed by atoms with van der Waals surface area (Å²) in [5.74, 6) is 0.138. The van der Waals surface area contributed by atoms with E-state index in [2.05, 4.69) is 4.98 Å². The summed E-state index contributed by atoms with van der Waals surface area (Å²) in [4.78, 5) is 4.42. The van der Waals surface area contributed by atoms with Crippen molar-refractivity contribution in [2.75, 3.05) is 5.73 Å². The van der Waals surface area contributed by atoms with Crippen LogP contribution in [-0.2, 0) is 0 Å². The van der Waals surface area contributed by atoms with Crippen molar-refractivity contribution >= 4 is 16.7 Å². The van der Waals surface area contributed by atoms with E-state index in [1.165, 1.54) is 12.1 Å². The van der Waals surface area contributed by atoms with E-state index in [4.69, 9.17) is 5.73 Å². The molecule has 0 saturated carbocycles. The minimum Gasteiger partial charge on any atom is -0.399 e. The molecule has 3 rings (SSSR count). The van der Waals surface area contributed by atoms with Crippen LogP contribution in [0, 0.1) is 12.7 Å². The molecule has 1 atom stereocenters. The fourth-order valence-corrected chi connectivity index (χ4v) is 2.51. The summed E-state index contributed by atoms with van der Waals surface area (Å²) in [6, 6.07) is 10.1. The molecule has 1 aromatic heterocycles. The van der Waals surface area contributed by atoms with Gasteiger partial charge < -0.3 is 10.8 Å². The summed E-state index contributed by atoms with van der Waals surface area (Å²) >= 11 is 0. The maximum Gasteiger partial charge on any atom is 0.143 e. The summed E-state index contributed by atoms with van der Waals surface area (Å²) in [5.41, 5.74) is 9.27. The Morgan fingerprint density at radius 1 is 1.24 bits per heavy atom. The summed E-state index contributed by atoms with van der Waals surface area (Å²) < 4.78 is 15.5. The molecule has 0 amide bonds. The molecule has 0 fully saturated rings. The van der Waals surface area contributed by atoms with Gasteiger partial charge >= 0.3 is 0 Å². The van der Waals surface area contributed by atoms with Crippen molar-refractivity contribution < 1.29 is 9.50 Å². The van der Waals surface area contributed by atoms with Crippen molar-refractivity contribution in [1.82, 2.24) is 9.55 Å². The van der Waals surface area contributed by atoms with Gasteiger partial charge in [0.1, 0.15) is 17.7 Å². The summed E-state index contributed by atoms with van der Waals surface area (Å²) in [5, 5.41) is 9.97. The average molecular weight is 285 g/mol. The summed E-state index contributed by atoms with van der Waals surface area (Å²) in [6.07, 6.45) is -0.776. The second kappa shape index (κ2) is 4.86. The van der Waals surface area contributed by atoms with Crippen LogP contribution in [0.1, 0.15) is 24.4 Å². The van der Waals surface area contributed by atoms with Crippen LogP contribution < -0.4 is 5.73 Å². The first-order valence-electron chi connectivity index (χ1n) is 6.69. The Labute approximate surface area is 121 Å². The minimum atomic E-state index is -0.776. The van der Waals surface area contributed by atoms with Crippen LogP contribution in [0.2, 0.25) is 0 Å². The fourth-order valence-electron chi connectivity index (χ4n) is 2.51. The molecule has 0 aliphatic rings. The average Bonchev–Trinajstić information content (AvgIpc) is 2.76. The molecule has 2 aromatic carbocycles. The first-order chi connectivity index (χ1) is 9.95. The van der Waals surface area contributed by atoms with E-state index in [-0.39, 0.29) is 5.82 Å². The number of anilines is 1. The molecule has 3 aromatic rings. The van der Waals surface area contributed by atoms with E-state index in [1.54, 1.807) is 23.6 Å². The molecule has 3 N–H and O–H groups in total. The van der Waals surface area contributed by atoms with Crippen LogP contribution in [0.15, 0.2) is 36.4 Å². The minimum absolute atomic E-state index is 0.321. The van der Waals surface area contributed by atoms with E-state index >= 15 is 0 Å². The second-order valence-electron chi connectivity index (χ2n) is 5.22. The van der Waals surface area contributed by atoms with E-state index in [9.17, 15) is 9.50 Å². The number of nitrogen functional groups attached to an aromatic ring is 1. The SMILES string of the molecule is Cc1cc(F)cc(-n2c(C(C)O)nc3cc(N)ccc32)c1. The Kier molecular flexibility index (Phi) is 3.14. The third kappa shape index (κ3) is 2.36. The van der Waals surface area contributed by atoms with E-state index < -0.39 is 6.10 Å². The van der Waals surface area contributed by atoms with Crippen LogP contribution in [0.5, 0.6) is 0 Å². The highest BCUT2D eigenvalue weighted by Gasteiger charge is 2.17. The van der Waals surface area contributed by atoms with Crippen molar-refractivity contribution in [2.45, 2.75) is 20.0 Å². The highest BCUT2D eigenvalue weighted by molar-refractivity contribution is 5.81. The fraction of sp³-hybridized carbons (Fsp3) is 0.188. The van der Waals surface area contributed by atoms with Crippen LogP contribution in [-0.4, -0.2) is 14.7 Å². The highest BCUT2D eigenvalue weighted by atomic mass is 19.1. The van der Waals surface area contributed by atoms with Crippen LogP contribution in [0.4, 0.5) is 10.1 Å². The number of aliphatic hydroxyl groups is 1. The number of hydrogen-bond donors (Lipinski definition) is 2. The van der Waals surface area contributed by atoms with Crippen molar-refractivity contribution in [3.63, 3.8) is 0 Å². The van der Waals surface area contributed by atoms with Gasteiger partial charge in [0.2, 0.25) is 0 Å². The number of hydrogen-bond acceptors (Lipinski definition) is 3. The topological polar surface area (TPSA) is 64.1 Å². The molecule has 0 bridgehead atoms. The van der Waals surface area contributed by atoms with Crippen molar-refractivity contribution in [3.8, 4) is 5.69 Å². The standard InChI is InChI=1S/C16H16FN3O/c1-9-5-11(17)7-13(6-9)20-15-4-3-12(18)8-14(15)19-16(20)10(2)21/h3-8,10,21H,18H2,1-2H3. The van der Waals surface area contributed by atoms with Gasteiger partial charge in [-0.3, -0.25) is 4.57 Å². The lowest BCUT2D eigenvalue weighted by atomic mass is 10.2. The molecule has 0 spiro atoms. The number of rotatable bonds is 2. The highest BCUT2D eigenvalue weighted by Crippen LogP contribution is 2.27. The molecule has 4 nitrogen and oxygen atoms in total. The number of halogens is 1. The van der Waals surface area contributed by atoms with Gasteiger partial charge in [0.15, 0.2) is 0 Å². The molecule has 1 heterocycles. The maximum atomic E-state index is 13.7. The van der Waals surface area contributed by atoms with E-state index in [1.807, 2.05) is 19.1 Å². The van der Waals surface area contributed by atoms with Gasteiger partial charge in [-0.15, -0.1) is 0 Å². The van der Waals surface area contributed by atoms with Gasteiger partial charge in [-0.1, -0.05) is 0 Å². The number of fused-ring (bicyclic) bond motifs is 1. The lowest BCUT2D eigenvalue weighted by Gasteiger charge is -2.12. The van der Waals surface area contributed by atoms with E-state index in [0.29, 0.717) is 22.7 Å². The van der Waals surface area contributed by atoms with Crippen molar-refractivity contribution in [2.24, 2.45) is 0 Å². The molecular weight excluding hydrogens is 269 g/mol. The lowest BCUT2D eigenvalue weighted by Crippen LogP contribution is -2.05. The number of aromatic nitrogens is 2. The Balaban J connectivity index is 2.36. The quantitative estimate of drug-likeness (QED) is 0.711. The Morgan fingerprint density at radius 2 is 2.00 bits per heavy atom. The first-order valence-corrected chi connectivity index (χ1v) is 6.69. The lowest BCUT2D eigenvalue weighted by molar-refractivity contribution is 0.187. The number of nitrogens with two attached hydrogens (primary N) is 1. The normalized spacial score (nSPS) is 12.8. The Bertz CT molecular complexity index is 803. The summed E-state index contributed by atoms with van der Waals surface area (Å²) in [6.45, 7) is 3.46. The molecular formula is C16H16FN3O. The smallest absolute Gasteiger partial charge is 0.143 e. The van der Waals surface area contributed by atoms with Gasteiger partial charge in [-0.05, 0) is 55.8 Å². The predicted molar refractivity (Wildman–Crippen MR) is 80.8 cm³/mol. The van der Waals surface area contributed by atoms with Gasteiger partial charge in [-0.25, -0.2) is 9.37 Å². The maximum absolute atomic E-state index is 13.7. The van der Waals surface area contributed by atoms with Gasteiger partial charge in [0.05, 0.1) is 16.7 Å². The molecule has 0 aliphatic carbocycles. The number of benzene rings is 2. The number of aliphatic hydroxyl groups excluding tert-OH is 1. The zero-order chi connectivity index (χ0) is 15.1. The Hall–Kier alpha value is -2.40. The van der Waals surface area contributed by atoms with Crippen molar-refractivity contribution in [3.05, 3.63) is 53.6 Å². The van der Waals surface area contributed by atoms with Crippen molar-refractivity contribution in [1.29, 1.82) is 0 Å². The third-order valence-electron chi connectivity index (χ3n) is 3.36. The van der Waals surface area contributed by atoms with Crippen LogP contribution >= 0.6 is 0 Å². The van der Waals surface area contributed by atoms with Crippen LogP contribution in [0.3, 0.4) is 0 Å². The molecule has 108 valence electrons. The molecule has 1 unspecified atom stereocenters. The third-order valence-corrected chi connectivity index (χ3v) is 3.36. The molecule has 0 radical (unpaired) electrons. The molecule has 21 heavy (non-hydrogen) atoms. The monoisotopic (exact) mass is 285 g/mol. The Morgan fingerprint density at radius 3 is 2.67 bits per heavy atom. The first kappa shape index (κ1) is 13.6. The van der Waals surface area contributed by atoms with Gasteiger partial charge in [-0.2, -0.15) is 0 Å². The van der Waals surface area contributed by atoms with E-state index in [0.717, 1.165) is 11.1 Å². The zero-order valence-corrected chi connectivity index (χ0v) is 11.8. The number of imidazole rings is 1. The van der Waals surface area contributed by atoms with Gasteiger partial charge in [0.25, 0.3) is 0 Å². The molecule has 0 aliphatic heterocycles. The number of aryl methyl sites for hydroxylation is 1. The zero-order valence-electron chi connectivity index (χ0n) is 11.8. The van der Waals surface area contributed by atoms with Crippen LogP contribution in [0.25, 0.3) is 16.7 Å². The predicted octanol–water partition coefficient (Wildman–Crippen LogP) is 3.11. The molecule has 0 saturated heterocycles. The largest absolute Gasteiger partial charge is 0.399 e. The second-order valence-corrected chi connectivity index (χ2v) is 5.22. The molecule has 5 heteroatoms. The summed E-state index contributed by atoms with van der Waals surface area (Å²) in [7, 11) is 0.